The summed E-state index contributed by atoms with van der Waals surface area (Å²) in [6.07, 6.45) is 4.89. The minimum Gasteiger partial charge on any atom is -0.486 e. The van der Waals surface area contributed by atoms with Crippen molar-refractivity contribution >= 4 is 5.91 Å². The van der Waals surface area contributed by atoms with Crippen molar-refractivity contribution < 1.29 is 14.3 Å². The number of likely N-dealkylation sites (tertiary alicyclic amines) is 1. The number of benzene rings is 1. The fraction of sp³-hybridized carbons (Fsp3) is 0.368. The van der Waals surface area contributed by atoms with Gasteiger partial charge < -0.3 is 19.4 Å². The van der Waals surface area contributed by atoms with Crippen molar-refractivity contribution in [3.8, 4) is 11.5 Å². The molecule has 1 atom stereocenters. The number of amides is 1. The molecule has 6 nitrogen and oxygen atoms in total. The third kappa shape index (κ3) is 2.77. The van der Waals surface area contributed by atoms with Gasteiger partial charge in [-0.15, -0.1) is 0 Å². The number of hydrogen-bond donors (Lipinski definition) is 1. The summed E-state index contributed by atoms with van der Waals surface area (Å²) in [6.45, 7) is 3.43. The van der Waals surface area contributed by atoms with Crippen LogP contribution >= 0.6 is 0 Å². The maximum Gasteiger partial charge on any atom is 0.259 e. The molecule has 1 saturated heterocycles. The second-order valence-electron chi connectivity index (χ2n) is 6.44. The first kappa shape index (κ1) is 15.7. The second kappa shape index (κ2) is 6.27. The standard InChI is InChI=1S/C19H20N2O4/c1-12-10-20-11-14(18(12)22)19(23)21-6-2-3-15(21)13-4-5-16-17(9-13)25-8-7-24-16/h4-5,9-11,15H,2-3,6-8H2,1H3,(H,20,22). The first-order valence-corrected chi connectivity index (χ1v) is 8.53. The summed E-state index contributed by atoms with van der Waals surface area (Å²) in [5.74, 6) is 1.24. The Balaban J connectivity index is 1.65. The van der Waals surface area contributed by atoms with Gasteiger partial charge in [-0.2, -0.15) is 0 Å². The molecule has 1 aromatic carbocycles. The maximum absolute atomic E-state index is 12.9. The molecule has 0 radical (unpaired) electrons. The molecule has 3 heterocycles. The minimum atomic E-state index is -0.220. The molecular formula is C19H20N2O4. The zero-order valence-corrected chi connectivity index (χ0v) is 14.1. The van der Waals surface area contributed by atoms with Gasteiger partial charge in [0, 0.05) is 24.5 Å². The lowest BCUT2D eigenvalue weighted by Crippen LogP contribution is -2.34. The summed E-state index contributed by atoms with van der Waals surface area (Å²) < 4.78 is 11.2. The van der Waals surface area contributed by atoms with Gasteiger partial charge in [0.1, 0.15) is 18.8 Å². The molecule has 130 valence electrons. The first-order chi connectivity index (χ1) is 12.1. The van der Waals surface area contributed by atoms with E-state index in [1.165, 1.54) is 6.20 Å². The Morgan fingerprint density at radius 3 is 2.84 bits per heavy atom. The molecule has 0 saturated carbocycles. The number of rotatable bonds is 2. The van der Waals surface area contributed by atoms with Crippen molar-refractivity contribution in [1.29, 1.82) is 0 Å². The number of nitrogens with zero attached hydrogens (tertiary/aromatic N) is 1. The van der Waals surface area contributed by atoms with Crippen LogP contribution in [0.5, 0.6) is 11.5 Å². The third-order valence-corrected chi connectivity index (χ3v) is 4.83. The number of hydrogen-bond acceptors (Lipinski definition) is 4. The number of H-pyrrole nitrogens is 1. The molecule has 1 N–H and O–H groups in total. The number of fused-ring (bicyclic) bond motifs is 1. The van der Waals surface area contributed by atoms with Gasteiger partial charge >= 0.3 is 0 Å². The Labute approximate surface area is 145 Å². The number of carbonyl (C=O) groups is 1. The number of ether oxygens (including phenoxy) is 2. The molecular weight excluding hydrogens is 320 g/mol. The zero-order chi connectivity index (χ0) is 17.4. The van der Waals surface area contributed by atoms with Gasteiger partial charge in [0.2, 0.25) is 0 Å². The Hall–Kier alpha value is -2.76. The highest BCUT2D eigenvalue weighted by molar-refractivity contribution is 5.94. The van der Waals surface area contributed by atoms with E-state index < -0.39 is 0 Å². The van der Waals surface area contributed by atoms with Crippen LogP contribution in [0.25, 0.3) is 0 Å². The van der Waals surface area contributed by atoms with Gasteiger partial charge in [-0.05, 0) is 37.5 Å². The van der Waals surface area contributed by atoms with Crippen LogP contribution in [0.2, 0.25) is 0 Å². The summed E-state index contributed by atoms with van der Waals surface area (Å²) in [7, 11) is 0. The minimum absolute atomic E-state index is 0.0526. The highest BCUT2D eigenvalue weighted by Crippen LogP contribution is 2.38. The molecule has 0 spiro atoms. The van der Waals surface area contributed by atoms with Crippen LogP contribution in [-0.2, 0) is 0 Å². The van der Waals surface area contributed by atoms with Crippen LogP contribution in [0.1, 0.15) is 40.4 Å². The largest absolute Gasteiger partial charge is 0.486 e. The number of aromatic nitrogens is 1. The fourth-order valence-corrected chi connectivity index (χ4v) is 3.53. The van der Waals surface area contributed by atoms with E-state index in [4.69, 9.17) is 9.47 Å². The number of aromatic amines is 1. The molecule has 1 amide bonds. The number of aryl methyl sites for hydroxylation is 1. The third-order valence-electron chi connectivity index (χ3n) is 4.83. The molecule has 2 aliphatic heterocycles. The van der Waals surface area contributed by atoms with Crippen molar-refractivity contribution in [2.75, 3.05) is 19.8 Å². The summed E-state index contributed by atoms with van der Waals surface area (Å²) in [5, 5.41) is 0. The SMILES string of the molecule is Cc1c[nH]cc(C(=O)N2CCCC2c2ccc3c(c2)OCCO3)c1=O. The van der Waals surface area contributed by atoms with E-state index in [2.05, 4.69) is 4.98 Å². The van der Waals surface area contributed by atoms with Gasteiger partial charge in [0.05, 0.1) is 6.04 Å². The lowest BCUT2D eigenvalue weighted by atomic mass is 10.0. The van der Waals surface area contributed by atoms with Crippen LogP contribution in [0.4, 0.5) is 0 Å². The zero-order valence-electron chi connectivity index (χ0n) is 14.1. The Morgan fingerprint density at radius 2 is 2.00 bits per heavy atom. The second-order valence-corrected chi connectivity index (χ2v) is 6.44. The molecule has 0 aliphatic carbocycles. The first-order valence-electron chi connectivity index (χ1n) is 8.53. The van der Waals surface area contributed by atoms with E-state index in [1.54, 1.807) is 18.0 Å². The maximum atomic E-state index is 12.9. The average Bonchev–Trinajstić information content (AvgIpc) is 3.13. The normalized spacial score (nSPS) is 19.1. The highest BCUT2D eigenvalue weighted by Gasteiger charge is 2.32. The van der Waals surface area contributed by atoms with E-state index in [9.17, 15) is 9.59 Å². The van der Waals surface area contributed by atoms with Crippen molar-refractivity contribution in [1.82, 2.24) is 9.88 Å². The molecule has 4 rings (SSSR count). The summed E-state index contributed by atoms with van der Waals surface area (Å²) in [6, 6.07) is 5.77. The number of pyridine rings is 1. The fourth-order valence-electron chi connectivity index (χ4n) is 3.53. The van der Waals surface area contributed by atoms with E-state index >= 15 is 0 Å². The van der Waals surface area contributed by atoms with Gasteiger partial charge in [-0.25, -0.2) is 0 Å². The Kier molecular flexibility index (Phi) is 3.95. The summed E-state index contributed by atoms with van der Waals surface area (Å²) >= 11 is 0. The van der Waals surface area contributed by atoms with E-state index in [1.807, 2.05) is 18.2 Å². The molecule has 2 aliphatic rings. The van der Waals surface area contributed by atoms with Gasteiger partial charge in [0.15, 0.2) is 16.9 Å². The van der Waals surface area contributed by atoms with E-state index in [0.717, 1.165) is 29.9 Å². The van der Waals surface area contributed by atoms with Gasteiger partial charge in [-0.3, -0.25) is 9.59 Å². The number of nitrogens with one attached hydrogen (secondary N) is 1. The van der Waals surface area contributed by atoms with Crippen molar-refractivity contribution in [3.63, 3.8) is 0 Å². The Morgan fingerprint density at radius 1 is 1.20 bits per heavy atom. The highest BCUT2D eigenvalue weighted by atomic mass is 16.6. The molecule has 1 aromatic heterocycles. The van der Waals surface area contributed by atoms with Crippen molar-refractivity contribution in [2.24, 2.45) is 0 Å². The molecule has 25 heavy (non-hydrogen) atoms. The smallest absolute Gasteiger partial charge is 0.259 e. The van der Waals surface area contributed by atoms with Crippen LogP contribution in [0, 0.1) is 6.92 Å². The average molecular weight is 340 g/mol. The van der Waals surface area contributed by atoms with Crippen LogP contribution in [0.15, 0.2) is 35.4 Å². The topological polar surface area (TPSA) is 71.6 Å². The van der Waals surface area contributed by atoms with E-state index in [-0.39, 0.29) is 22.9 Å². The number of carbonyl (C=O) groups excluding carboxylic acids is 1. The quantitative estimate of drug-likeness (QED) is 0.911. The molecule has 6 heteroatoms. The lowest BCUT2D eigenvalue weighted by molar-refractivity contribution is 0.0733. The predicted octanol–water partition coefficient (Wildman–Crippen LogP) is 2.43. The molecule has 1 unspecified atom stereocenters. The van der Waals surface area contributed by atoms with Gasteiger partial charge in [0.25, 0.3) is 5.91 Å². The van der Waals surface area contributed by atoms with E-state index in [0.29, 0.717) is 25.3 Å². The van der Waals surface area contributed by atoms with Crippen molar-refractivity contribution in [2.45, 2.75) is 25.8 Å². The molecule has 0 bridgehead atoms. The molecule has 1 fully saturated rings. The van der Waals surface area contributed by atoms with Crippen LogP contribution in [0.3, 0.4) is 0 Å². The Bertz CT molecular complexity index is 874. The van der Waals surface area contributed by atoms with Crippen molar-refractivity contribution in [3.05, 3.63) is 57.5 Å². The molecule has 2 aromatic rings. The predicted molar refractivity (Wildman–Crippen MR) is 92.2 cm³/mol. The van der Waals surface area contributed by atoms with Crippen LogP contribution < -0.4 is 14.9 Å². The van der Waals surface area contributed by atoms with Gasteiger partial charge in [-0.1, -0.05) is 6.07 Å². The van der Waals surface area contributed by atoms with Crippen LogP contribution in [-0.4, -0.2) is 35.5 Å². The summed E-state index contributed by atoms with van der Waals surface area (Å²) in [4.78, 5) is 29.9. The lowest BCUT2D eigenvalue weighted by Gasteiger charge is -2.26. The summed E-state index contributed by atoms with van der Waals surface area (Å²) in [5.41, 5.74) is 1.54. The monoisotopic (exact) mass is 340 g/mol.